The summed E-state index contributed by atoms with van der Waals surface area (Å²) in [6.07, 6.45) is 1.08. The number of amides is 1. The van der Waals surface area contributed by atoms with Crippen LogP contribution in [0.25, 0.3) is 0 Å². The van der Waals surface area contributed by atoms with Gasteiger partial charge in [-0.15, -0.1) is 0 Å². The highest BCUT2D eigenvalue weighted by Gasteiger charge is 2.33. The number of aliphatic hydroxyl groups is 1. The van der Waals surface area contributed by atoms with Gasteiger partial charge >= 0.3 is 6.09 Å². The molecule has 0 saturated carbocycles. The number of hydrogen-bond donors (Lipinski definition) is 3. The van der Waals surface area contributed by atoms with Crippen molar-refractivity contribution in [1.82, 2.24) is 4.90 Å². The number of nitrogens with zero attached hydrogens (tertiary/aromatic N) is 1. The van der Waals surface area contributed by atoms with Gasteiger partial charge in [-0.2, -0.15) is 0 Å². The molecule has 1 fully saturated rings. The Hall–Kier alpha value is -0.810. The van der Waals surface area contributed by atoms with Gasteiger partial charge in [-0.05, 0) is 33.1 Å². The summed E-state index contributed by atoms with van der Waals surface area (Å²) in [4.78, 5) is 12.3. The number of nitrogens with two attached hydrogens (primary N) is 1. The quantitative estimate of drug-likeness (QED) is 0.631. The first-order chi connectivity index (χ1) is 6.79. The van der Waals surface area contributed by atoms with Gasteiger partial charge in [0.15, 0.2) is 0 Å². The average molecular weight is 216 g/mol. The molecule has 1 heterocycles. The molecule has 0 aromatic carbocycles. The van der Waals surface area contributed by atoms with Gasteiger partial charge in [-0.25, -0.2) is 4.79 Å². The van der Waals surface area contributed by atoms with E-state index in [1.807, 2.05) is 0 Å². The van der Waals surface area contributed by atoms with Crippen molar-refractivity contribution in [3.8, 4) is 0 Å². The normalized spacial score (nSPS) is 27.9. The van der Waals surface area contributed by atoms with E-state index in [1.165, 1.54) is 4.90 Å². The minimum absolute atomic E-state index is 0.0702. The van der Waals surface area contributed by atoms with Crippen LogP contribution < -0.4 is 5.73 Å². The highest BCUT2D eigenvalue weighted by molar-refractivity contribution is 5.65. The van der Waals surface area contributed by atoms with E-state index in [9.17, 15) is 9.90 Å². The standard InChI is InChI=1S/C10H20N2O3/c1-10(2,15)5-8-4-3-7(11)6-12(8)9(13)14/h7-8,15H,3-6,11H2,1-2H3,(H,13,14). The summed E-state index contributed by atoms with van der Waals surface area (Å²) < 4.78 is 0. The van der Waals surface area contributed by atoms with Crippen molar-refractivity contribution in [1.29, 1.82) is 0 Å². The fraction of sp³-hybridized carbons (Fsp3) is 0.900. The van der Waals surface area contributed by atoms with Gasteiger partial charge < -0.3 is 20.8 Å². The molecule has 0 bridgehead atoms. The van der Waals surface area contributed by atoms with Gasteiger partial charge in [0.2, 0.25) is 0 Å². The van der Waals surface area contributed by atoms with Crippen LogP contribution in [0, 0.1) is 0 Å². The van der Waals surface area contributed by atoms with Crippen LogP contribution in [0.3, 0.4) is 0 Å². The van der Waals surface area contributed by atoms with E-state index >= 15 is 0 Å². The molecule has 0 spiro atoms. The Kier molecular flexibility index (Phi) is 3.57. The molecule has 5 heteroatoms. The molecule has 2 atom stereocenters. The monoisotopic (exact) mass is 216 g/mol. The van der Waals surface area contributed by atoms with Crippen molar-refractivity contribution in [3.05, 3.63) is 0 Å². The van der Waals surface area contributed by atoms with Crippen LogP contribution >= 0.6 is 0 Å². The molecule has 88 valence electrons. The summed E-state index contributed by atoms with van der Waals surface area (Å²) in [6.45, 7) is 3.76. The second-order valence-electron chi connectivity index (χ2n) is 4.94. The number of hydrogen-bond acceptors (Lipinski definition) is 3. The zero-order chi connectivity index (χ0) is 11.6. The van der Waals surface area contributed by atoms with Crippen LogP contribution in [0.4, 0.5) is 4.79 Å². The largest absolute Gasteiger partial charge is 0.465 e. The molecule has 1 aliphatic heterocycles. The van der Waals surface area contributed by atoms with Crippen molar-refractivity contribution in [2.24, 2.45) is 5.73 Å². The third kappa shape index (κ3) is 3.68. The molecule has 0 radical (unpaired) electrons. The fourth-order valence-corrected chi connectivity index (χ4v) is 2.08. The Bertz CT molecular complexity index is 237. The van der Waals surface area contributed by atoms with E-state index < -0.39 is 11.7 Å². The van der Waals surface area contributed by atoms with Gasteiger partial charge in [0.25, 0.3) is 0 Å². The second-order valence-corrected chi connectivity index (χ2v) is 4.94. The molecular weight excluding hydrogens is 196 g/mol. The van der Waals surface area contributed by atoms with Gasteiger partial charge in [0.1, 0.15) is 0 Å². The maximum Gasteiger partial charge on any atom is 0.407 e. The van der Waals surface area contributed by atoms with Crippen molar-refractivity contribution < 1.29 is 15.0 Å². The van der Waals surface area contributed by atoms with E-state index in [-0.39, 0.29) is 12.1 Å². The first-order valence-corrected chi connectivity index (χ1v) is 5.27. The molecule has 4 N–H and O–H groups in total. The topological polar surface area (TPSA) is 86.8 Å². The Labute approximate surface area is 89.9 Å². The van der Waals surface area contributed by atoms with E-state index in [2.05, 4.69) is 0 Å². The van der Waals surface area contributed by atoms with Crippen LogP contribution in [0.2, 0.25) is 0 Å². The fourth-order valence-electron chi connectivity index (χ4n) is 2.08. The van der Waals surface area contributed by atoms with Gasteiger partial charge in [-0.3, -0.25) is 0 Å². The van der Waals surface area contributed by atoms with Crippen LogP contribution in [0.5, 0.6) is 0 Å². The Morgan fingerprint density at radius 1 is 1.53 bits per heavy atom. The lowest BCUT2D eigenvalue weighted by Crippen LogP contribution is -2.52. The molecule has 0 aliphatic carbocycles. The lowest BCUT2D eigenvalue weighted by Gasteiger charge is -2.39. The third-order valence-corrected chi connectivity index (χ3v) is 2.72. The maximum absolute atomic E-state index is 11.0. The average Bonchev–Trinajstić information content (AvgIpc) is 2.05. The zero-order valence-electron chi connectivity index (χ0n) is 9.31. The van der Waals surface area contributed by atoms with E-state index in [0.717, 1.165) is 12.8 Å². The van der Waals surface area contributed by atoms with Crippen molar-refractivity contribution in [2.45, 2.75) is 50.8 Å². The molecule has 2 unspecified atom stereocenters. The van der Waals surface area contributed by atoms with Gasteiger partial charge in [0.05, 0.1) is 5.60 Å². The van der Waals surface area contributed by atoms with Gasteiger partial charge in [-0.1, -0.05) is 0 Å². The molecule has 1 amide bonds. The van der Waals surface area contributed by atoms with Crippen molar-refractivity contribution in [2.75, 3.05) is 6.54 Å². The molecule has 1 aliphatic rings. The molecule has 1 rings (SSSR count). The molecular formula is C10H20N2O3. The Morgan fingerprint density at radius 3 is 2.60 bits per heavy atom. The number of carboxylic acid groups (broad SMARTS) is 1. The Balaban J connectivity index is 2.65. The third-order valence-electron chi connectivity index (χ3n) is 2.72. The number of rotatable bonds is 2. The predicted octanol–water partition coefficient (Wildman–Crippen LogP) is 0.617. The van der Waals surface area contributed by atoms with E-state index in [1.54, 1.807) is 13.8 Å². The van der Waals surface area contributed by atoms with Crippen LogP contribution in [0.15, 0.2) is 0 Å². The highest BCUT2D eigenvalue weighted by Crippen LogP contribution is 2.24. The van der Waals surface area contributed by atoms with Crippen LogP contribution in [-0.2, 0) is 0 Å². The van der Waals surface area contributed by atoms with Gasteiger partial charge in [0, 0.05) is 18.6 Å². The van der Waals surface area contributed by atoms with Crippen LogP contribution in [-0.4, -0.2) is 45.4 Å². The first-order valence-electron chi connectivity index (χ1n) is 5.27. The van der Waals surface area contributed by atoms with Crippen molar-refractivity contribution in [3.63, 3.8) is 0 Å². The molecule has 0 aromatic rings. The highest BCUT2D eigenvalue weighted by atomic mass is 16.4. The maximum atomic E-state index is 11.0. The van der Waals surface area contributed by atoms with Crippen molar-refractivity contribution >= 4 is 6.09 Å². The molecule has 0 aromatic heterocycles. The number of carbonyl (C=O) groups is 1. The van der Waals surface area contributed by atoms with Crippen LogP contribution in [0.1, 0.15) is 33.1 Å². The minimum atomic E-state index is -0.945. The molecule has 1 saturated heterocycles. The Morgan fingerprint density at radius 2 is 2.13 bits per heavy atom. The zero-order valence-corrected chi connectivity index (χ0v) is 9.31. The summed E-state index contributed by atoms with van der Waals surface area (Å²) in [7, 11) is 0. The lowest BCUT2D eigenvalue weighted by atomic mass is 9.90. The summed E-state index contributed by atoms with van der Waals surface area (Å²) in [5.41, 5.74) is 4.89. The first kappa shape index (κ1) is 12.3. The SMILES string of the molecule is CC(C)(O)CC1CCC(N)CN1C(=O)O. The summed E-state index contributed by atoms with van der Waals surface area (Å²) in [6, 6.07) is -0.179. The van der Waals surface area contributed by atoms with E-state index in [0.29, 0.717) is 13.0 Å². The second kappa shape index (κ2) is 4.37. The predicted molar refractivity (Wildman–Crippen MR) is 56.6 cm³/mol. The number of piperidine rings is 1. The number of likely N-dealkylation sites (tertiary alicyclic amines) is 1. The minimum Gasteiger partial charge on any atom is -0.465 e. The molecule has 15 heavy (non-hydrogen) atoms. The van der Waals surface area contributed by atoms with E-state index in [4.69, 9.17) is 10.8 Å². The summed E-state index contributed by atoms with van der Waals surface area (Å²) in [5.74, 6) is 0. The lowest BCUT2D eigenvalue weighted by molar-refractivity contribution is 0.0220. The smallest absolute Gasteiger partial charge is 0.407 e. The summed E-state index contributed by atoms with van der Waals surface area (Å²) >= 11 is 0. The summed E-state index contributed by atoms with van der Waals surface area (Å²) in [5, 5.41) is 18.7. The molecule has 5 nitrogen and oxygen atoms in total.